The molecular formula is C16H16N2O3S. The molecule has 22 heavy (non-hydrogen) atoms. The second-order valence-corrected chi connectivity index (χ2v) is 7.14. The zero-order valence-electron chi connectivity index (χ0n) is 12.4. The molecule has 1 aromatic carbocycles. The molecule has 0 radical (unpaired) electrons. The average Bonchev–Trinajstić information content (AvgIpc) is 2.95. The van der Waals surface area contributed by atoms with Gasteiger partial charge in [0.15, 0.2) is 0 Å². The molecule has 0 spiro atoms. The van der Waals surface area contributed by atoms with Crippen molar-refractivity contribution in [2.45, 2.75) is 18.7 Å². The van der Waals surface area contributed by atoms with Crippen LogP contribution >= 0.6 is 0 Å². The minimum atomic E-state index is -3.77. The molecule has 0 bridgehead atoms. The summed E-state index contributed by atoms with van der Waals surface area (Å²) in [5.74, 6) is -0.323. The van der Waals surface area contributed by atoms with E-state index in [0.29, 0.717) is 12.2 Å². The zero-order chi connectivity index (χ0) is 15.9. The van der Waals surface area contributed by atoms with Gasteiger partial charge in [0.05, 0.1) is 5.69 Å². The predicted octanol–water partition coefficient (Wildman–Crippen LogP) is 2.65. The normalized spacial score (nSPS) is 15.7. The Kier molecular flexibility index (Phi) is 3.41. The van der Waals surface area contributed by atoms with Gasteiger partial charge in [-0.05, 0) is 38.1 Å². The molecule has 2 heterocycles. The van der Waals surface area contributed by atoms with Crippen molar-refractivity contribution >= 4 is 21.6 Å². The lowest BCUT2D eigenvalue weighted by molar-refractivity contribution is 0.0984. The van der Waals surface area contributed by atoms with Crippen LogP contribution in [-0.2, 0) is 10.0 Å². The van der Waals surface area contributed by atoms with Gasteiger partial charge in [-0.25, -0.2) is 12.4 Å². The molecule has 3 rings (SSSR count). The van der Waals surface area contributed by atoms with E-state index in [2.05, 4.69) is 0 Å². The third kappa shape index (κ3) is 2.16. The molecule has 1 aliphatic rings. The number of rotatable bonds is 2. The molecule has 1 aromatic heterocycles. The number of para-hydroxylation sites is 1. The highest BCUT2D eigenvalue weighted by atomic mass is 32.2. The van der Waals surface area contributed by atoms with Gasteiger partial charge in [-0.3, -0.25) is 4.79 Å². The summed E-state index contributed by atoms with van der Waals surface area (Å²) in [5, 5.41) is 0. The zero-order valence-corrected chi connectivity index (χ0v) is 13.2. The number of carbonyl (C=O) groups is 1. The number of anilines is 1. The van der Waals surface area contributed by atoms with Crippen LogP contribution in [0.25, 0.3) is 0 Å². The second kappa shape index (κ2) is 5.14. The van der Waals surface area contributed by atoms with E-state index in [1.807, 2.05) is 19.9 Å². The fourth-order valence-corrected chi connectivity index (χ4v) is 3.98. The van der Waals surface area contributed by atoms with Crippen molar-refractivity contribution in [1.29, 1.82) is 0 Å². The lowest BCUT2D eigenvalue weighted by atomic mass is 10.2. The summed E-state index contributed by atoms with van der Waals surface area (Å²) in [5.41, 5.74) is 1.62. The topological polar surface area (TPSA) is 59.4 Å². The first-order chi connectivity index (χ1) is 10.4. The van der Waals surface area contributed by atoms with Crippen LogP contribution in [0.5, 0.6) is 0 Å². The molecular weight excluding hydrogens is 300 g/mol. The van der Waals surface area contributed by atoms with Gasteiger partial charge in [-0.15, -0.1) is 0 Å². The van der Waals surface area contributed by atoms with E-state index in [-0.39, 0.29) is 16.5 Å². The van der Waals surface area contributed by atoms with Crippen LogP contribution in [0, 0.1) is 0 Å². The van der Waals surface area contributed by atoms with Crippen LogP contribution in [0.1, 0.15) is 24.3 Å². The number of nitrogens with zero attached hydrogens (tertiary/aromatic N) is 2. The van der Waals surface area contributed by atoms with E-state index < -0.39 is 10.0 Å². The quantitative estimate of drug-likeness (QED) is 0.800. The van der Waals surface area contributed by atoms with Crippen LogP contribution < -0.4 is 4.90 Å². The summed E-state index contributed by atoms with van der Waals surface area (Å²) in [6.07, 6.45) is 3.31. The van der Waals surface area contributed by atoms with Gasteiger partial charge in [0.25, 0.3) is 15.9 Å². The highest BCUT2D eigenvalue weighted by Gasteiger charge is 2.34. The van der Waals surface area contributed by atoms with Gasteiger partial charge in [-0.1, -0.05) is 23.8 Å². The van der Waals surface area contributed by atoms with Gasteiger partial charge < -0.3 is 4.90 Å². The summed E-state index contributed by atoms with van der Waals surface area (Å²) in [6, 6.07) is 9.68. The number of hydrogen-bond donors (Lipinski definition) is 0. The molecule has 0 saturated heterocycles. The summed E-state index contributed by atoms with van der Waals surface area (Å²) >= 11 is 0. The van der Waals surface area contributed by atoms with Gasteiger partial charge >= 0.3 is 0 Å². The molecule has 6 heteroatoms. The Balaban J connectivity index is 2.29. The first kappa shape index (κ1) is 14.6. The lowest BCUT2D eigenvalue weighted by Gasteiger charge is -2.20. The van der Waals surface area contributed by atoms with E-state index >= 15 is 0 Å². The third-order valence-electron chi connectivity index (χ3n) is 3.55. The molecule has 0 unspecified atom stereocenters. The Bertz CT molecular complexity index is 874. The predicted molar refractivity (Wildman–Crippen MR) is 84.6 cm³/mol. The number of fused-ring (bicyclic) bond motifs is 2. The first-order valence-corrected chi connectivity index (χ1v) is 8.34. The summed E-state index contributed by atoms with van der Waals surface area (Å²) < 4.78 is 26.6. The Labute approximate surface area is 129 Å². The van der Waals surface area contributed by atoms with Crippen molar-refractivity contribution in [3.63, 3.8) is 0 Å². The average molecular weight is 316 g/mol. The molecule has 0 N–H and O–H groups in total. The smallest absolute Gasteiger partial charge is 0.276 e. The Morgan fingerprint density at radius 2 is 1.86 bits per heavy atom. The number of amides is 1. The van der Waals surface area contributed by atoms with E-state index in [1.54, 1.807) is 24.3 Å². The number of benzene rings is 1. The molecule has 0 aliphatic carbocycles. The molecule has 0 fully saturated rings. The Morgan fingerprint density at radius 3 is 2.59 bits per heavy atom. The molecule has 2 aromatic rings. The molecule has 0 saturated carbocycles. The van der Waals surface area contributed by atoms with Gasteiger partial charge in [-0.2, -0.15) is 0 Å². The van der Waals surface area contributed by atoms with E-state index in [9.17, 15) is 13.2 Å². The lowest BCUT2D eigenvalue weighted by Crippen LogP contribution is -2.31. The largest absolute Gasteiger partial charge is 0.302 e. The van der Waals surface area contributed by atoms with Crippen molar-refractivity contribution in [2.24, 2.45) is 0 Å². The maximum Gasteiger partial charge on any atom is 0.276 e. The summed E-state index contributed by atoms with van der Waals surface area (Å²) in [6.45, 7) is 4.21. The summed E-state index contributed by atoms with van der Waals surface area (Å²) in [4.78, 5) is 14.4. The molecule has 1 amide bonds. The van der Waals surface area contributed by atoms with Crippen LogP contribution in [0.4, 0.5) is 5.69 Å². The minimum absolute atomic E-state index is 0.139. The van der Waals surface area contributed by atoms with Crippen molar-refractivity contribution in [2.75, 3.05) is 11.4 Å². The van der Waals surface area contributed by atoms with Gasteiger partial charge in [0.1, 0.15) is 10.6 Å². The number of hydrogen-bond acceptors (Lipinski definition) is 3. The van der Waals surface area contributed by atoms with Crippen LogP contribution in [0.3, 0.4) is 0 Å². The number of carbonyl (C=O) groups excluding carboxylic acids is 1. The first-order valence-electron chi connectivity index (χ1n) is 6.90. The fraction of sp³-hybridized carbons (Fsp3) is 0.188. The van der Waals surface area contributed by atoms with Crippen LogP contribution in [-0.4, -0.2) is 24.8 Å². The fourth-order valence-electron chi connectivity index (χ4n) is 2.45. The van der Waals surface area contributed by atoms with Crippen molar-refractivity contribution < 1.29 is 13.2 Å². The maximum atomic E-state index is 12.8. The highest BCUT2D eigenvalue weighted by molar-refractivity contribution is 7.90. The maximum absolute atomic E-state index is 12.8. The van der Waals surface area contributed by atoms with Crippen molar-refractivity contribution in [3.8, 4) is 0 Å². The number of allylic oxidation sites excluding steroid dienone is 1. The molecule has 114 valence electrons. The van der Waals surface area contributed by atoms with E-state index in [4.69, 9.17) is 0 Å². The molecule has 1 aliphatic heterocycles. The minimum Gasteiger partial charge on any atom is -0.302 e. The van der Waals surface area contributed by atoms with Crippen LogP contribution in [0.15, 0.2) is 59.1 Å². The van der Waals surface area contributed by atoms with Crippen molar-refractivity contribution in [3.05, 3.63) is 59.9 Å². The second-order valence-electron chi connectivity index (χ2n) is 5.36. The SMILES string of the molecule is CC(C)=CCN1C(=O)c2cccn2S(=O)(=O)c2ccccc21. The number of aromatic nitrogens is 1. The van der Waals surface area contributed by atoms with Gasteiger partial charge in [0.2, 0.25) is 0 Å². The Morgan fingerprint density at radius 1 is 1.14 bits per heavy atom. The standard InChI is InChI=1S/C16H16N2O3S/c1-12(2)9-11-17-13-6-3-4-8-15(13)22(20,21)18-10-5-7-14(18)16(17)19/h3-10H,11H2,1-2H3. The monoisotopic (exact) mass is 316 g/mol. The van der Waals surface area contributed by atoms with Crippen molar-refractivity contribution in [1.82, 2.24) is 3.97 Å². The molecule has 5 nitrogen and oxygen atoms in total. The highest BCUT2D eigenvalue weighted by Crippen LogP contribution is 2.32. The Hall–Kier alpha value is -2.34. The van der Waals surface area contributed by atoms with Gasteiger partial charge in [0, 0.05) is 12.7 Å². The summed E-state index contributed by atoms with van der Waals surface area (Å²) in [7, 11) is -3.77. The third-order valence-corrected chi connectivity index (χ3v) is 5.29. The molecule has 0 atom stereocenters. The van der Waals surface area contributed by atoms with Crippen LogP contribution in [0.2, 0.25) is 0 Å². The van der Waals surface area contributed by atoms with E-state index in [1.165, 1.54) is 23.2 Å². The van der Waals surface area contributed by atoms with E-state index in [0.717, 1.165) is 9.55 Å².